The molecule has 0 unspecified atom stereocenters. The Morgan fingerprint density at radius 2 is 1.88 bits per heavy atom. The SMILES string of the molecule is O=C(c1ccc(OC(F)F)c(Cl)c1)C(F)(F)F. The maximum absolute atomic E-state index is 12.0. The van der Waals surface area contributed by atoms with Crippen LogP contribution >= 0.6 is 11.6 Å². The monoisotopic (exact) mass is 274 g/mol. The van der Waals surface area contributed by atoms with E-state index >= 15 is 0 Å². The second kappa shape index (κ2) is 4.87. The standard InChI is InChI=1S/C9H4ClF5O2/c10-5-3-4(7(16)9(13,14)15)1-2-6(5)17-8(11)12/h1-3,8H. The van der Waals surface area contributed by atoms with Crippen molar-refractivity contribution in [3.63, 3.8) is 0 Å². The van der Waals surface area contributed by atoms with Crippen LogP contribution in [0, 0.1) is 0 Å². The Balaban J connectivity index is 3.01. The van der Waals surface area contributed by atoms with E-state index in [1.54, 1.807) is 0 Å². The topological polar surface area (TPSA) is 26.3 Å². The first-order chi connectivity index (χ1) is 7.71. The maximum Gasteiger partial charge on any atom is 0.454 e. The van der Waals surface area contributed by atoms with E-state index in [0.29, 0.717) is 12.1 Å². The Hall–Kier alpha value is -1.37. The second-order valence-electron chi connectivity index (χ2n) is 2.85. The number of hydrogen-bond donors (Lipinski definition) is 0. The number of rotatable bonds is 3. The van der Waals surface area contributed by atoms with Crippen LogP contribution in [0.5, 0.6) is 5.75 Å². The minimum absolute atomic E-state index is 0.500. The third-order valence-electron chi connectivity index (χ3n) is 1.67. The number of ether oxygens (including phenoxy) is 1. The molecular formula is C9H4ClF5O2. The molecule has 0 atom stereocenters. The van der Waals surface area contributed by atoms with Gasteiger partial charge >= 0.3 is 12.8 Å². The van der Waals surface area contributed by atoms with Gasteiger partial charge in [-0.1, -0.05) is 11.6 Å². The first-order valence-corrected chi connectivity index (χ1v) is 4.45. The van der Waals surface area contributed by atoms with E-state index in [-0.39, 0.29) is 0 Å². The number of ketones is 1. The summed E-state index contributed by atoms with van der Waals surface area (Å²) in [7, 11) is 0. The van der Waals surface area contributed by atoms with E-state index in [9.17, 15) is 26.7 Å². The lowest BCUT2D eigenvalue weighted by molar-refractivity contribution is -0.0885. The predicted molar refractivity (Wildman–Crippen MR) is 48.5 cm³/mol. The zero-order chi connectivity index (χ0) is 13.2. The quantitative estimate of drug-likeness (QED) is 0.621. The van der Waals surface area contributed by atoms with E-state index in [1.807, 2.05) is 0 Å². The first kappa shape index (κ1) is 13.7. The fourth-order valence-corrected chi connectivity index (χ4v) is 1.22. The summed E-state index contributed by atoms with van der Waals surface area (Å²) in [5.74, 6) is -2.61. The molecule has 1 aromatic rings. The average molecular weight is 275 g/mol. The molecule has 2 nitrogen and oxygen atoms in total. The van der Waals surface area contributed by atoms with Crippen LogP contribution in [-0.2, 0) is 0 Å². The number of hydrogen-bond acceptors (Lipinski definition) is 2. The summed E-state index contributed by atoms with van der Waals surface area (Å²) in [5.41, 5.74) is -0.746. The molecule has 0 aromatic heterocycles. The van der Waals surface area contributed by atoms with Gasteiger partial charge in [0.25, 0.3) is 5.78 Å². The van der Waals surface area contributed by atoms with Crippen LogP contribution in [-0.4, -0.2) is 18.6 Å². The molecule has 0 amide bonds. The highest BCUT2D eigenvalue weighted by Crippen LogP contribution is 2.29. The number of halogens is 6. The summed E-state index contributed by atoms with van der Waals surface area (Å²) in [4.78, 5) is 10.8. The van der Waals surface area contributed by atoms with E-state index in [0.717, 1.165) is 6.07 Å². The molecule has 1 rings (SSSR count). The summed E-state index contributed by atoms with van der Waals surface area (Å²) in [6, 6.07) is 2.10. The lowest BCUT2D eigenvalue weighted by Gasteiger charge is -2.09. The lowest BCUT2D eigenvalue weighted by Crippen LogP contribution is -2.22. The Morgan fingerprint density at radius 1 is 1.29 bits per heavy atom. The van der Waals surface area contributed by atoms with Gasteiger partial charge in [0.15, 0.2) is 0 Å². The van der Waals surface area contributed by atoms with Crippen LogP contribution in [0.1, 0.15) is 10.4 Å². The zero-order valence-electron chi connectivity index (χ0n) is 7.89. The van der Waals surface area contributed by atoms with Gasteiger partial charge in [0, 0.05) is 5.56 Å². The molecule has 0 fully saturated rings. The van der Waals surface area contributed by atoms with Crippen LogP contribution in [0.15, 0.2) is 18.2 Å². The van der Waals surface area contributed by atoms with Gasteiger partial charge in [-0.05, 0) is 18.2 Å². The second-order valence-corrected chi connectivity index (χ2v) is 3.26. The van der Waals surface area contributed by atoms with Crippen molar-refractivity contribution in [2.75, 3.05) is 0 Å². The molecule has 8 heteroatoms. The van der Waals surface area contributed by atoms with Crippen LogP contribution in [0.4, 0.5) is 22.0 Å². The molecule has 0 bridgehead atoms. The fraction of sp³-hybridized carbons (Fsp3) is 0.222. The molecule has 0 saturated heterocycles. The van der Waals surface area contributed by atoms with Gasteiger partial charge in [-0.2, -0.15) is 22.0 Å². The van der Waals surface area contributed by atoms with Crippen molar-refractivity contribution in [1.29, 1.82) is 0 Å². The number of benzene rings is 1. The number of carbonyl (C=O) groups excluding carboxylic acids is 1. The summed E-state index contributed by atoms with van der Waals surface area (Å²) >= 11 is 5.39. The molecule has 0 heterocycles. The Kier molecular flexibility index (Phi) is 3.92. The molecule has 17 heavy (non-hydrogen) atoms. The molecule has 0 aliphatic rings. The molecule has 0 aliphatic heterocycles. The van der Waals surface area contributed by atoms with Crippen molar-refractivity contribution >= 4 is 17.4 Å². The van der Waals surface area contributed by atoms with Crippen molar-refractivity contribution in [2.24, 2.45) is 0 Å². The normalized spacial score (nSPS) is 11.7. The van der Waals surface area contributed by atoms with Crippen LogP contribution < -0.4 is 4.74 Å². The minimum Gasteiger partial charge on any atom is -0.433 e. The lowest BCUT2D eigenvalue weighted by atomic mass is 10.1. The number of alkyl halides is 5. The molecule has 94 valence electrons. The smallest absolute Gasteiger partial charge is 0.433 e. The van der Waals surface area contributed by atoms with Gasteiger partial charge in [0.1, 0.15) is 5.75 Å². The Morgan fingerprint density at radius 3 is 2.29 bits per heavy atom. The van der Waals surface area contributed by atoms with Gasteiger partial charge in [-0.25, -0.2) is 0 Å². The van der Waals surface area contributed by atoms with Gasteiger partial charge in [0.2, 0.25) is 0 Å². The van der Waals surface area contributed by atoms with Gasteiger partial charge in [-0.3, -0.25) is 4.79 Å². The van der Waals surface area contributed by atoms with Crippen LogP contribution in [0.2, 0.25) is 5.02 Å². The van der Waals surface area contributed by atoms with Crippen molar-refractivity contribution in [3.8, 4) is 5.75 Å². The molecular weight excluding hydrogens is 271 g/mol. The molecule has 0 aliphatic carbocycles. The molecule has 0 spiro atoms. The van der Waals surface area contributed by atoms with Crippen molar-refractivity contribution in [3.05, 3.63) is 28.8 Å². The minimum atomic E-state index is -5.05. The Labute approximate surface area is 96.9 Å². The molecule has 0 saturated carbocycles. The van der Waals surface area contributed by atoms with Crippen LogP contribution in [0.25, 0.3) is 0 Å². The van der Waals surface area contributed by atoms with Crippen LogP contribution in [0.3, 0.4) is 0 Å². The fourth-order valence-electron chi connectivity index (χ4n) is 0.997. The van der Waals surface area contributed by atoms with E-state index in [2.05, 4.69) is 4.74 Å². The summed E-state index contributed by atoms with van der Waals surface area (Å²) in [6.07, 6.45) is -5.05. The van der Waals surface area contributed by atoms with E-state index in [4.69, 9.17) is 11.6 Å². The Bertz CT molecular complexity index is 430. The van der Waals surface area contributed by atoms with Crippen molar-refractivity contribution in [1.82, 2.24) is 0 Å². The molecule has 0 N–H and O–H groups in total. The number of Topliss-reactive ketones (excluding diaryl/α,β-unsaturated/α-hetero) is 1. The van der Waals surface area contributed by atoms with Crippen molar-refractivity contribution < 1.29 is 31.5 Å². The largest absolute Gasteiger partial charge is 0.454 e. The highest BCUT2D eigenvalue weighted by Gasteiger charge is 2.39. The third kappa shape index (κ3) is 3.55. The predicted octanol–water partition coefficient (Wildman–Crippen LogP) is 3.69. The molecule has 1 aromatic carbocycles. The maximum atomic E-state index is 12.0. The zero-order valence-corrected chi connectivity index (χ0v) is 8.65. The van der Waals surface area contributed by atoms with Crippen molar-refractivity contribution in [2.45, 2.75) is 12.8 Å². The third-order valence-corrected chi connectivity index (χ3v) is 1.96. The van der Waals surface area contributed by atoms with Gasteiger partial charge in [0.05, 0.1) is 5.02 Å². The molecule has 0 radical (unpaired) electrons. The van der Waals surface area contributed by atoms with Gasteiger partial charge in [-0.15, -0.1) is 0 Å². The van der Waals surface area contributed by atoms with E-state index in [1.165, 1.54) is 0 Å². The number of carbonyl (C=O) groups is 1. The summed E-state index contributed by atoms with van der Waals surface area (Å²) in [6.45, 7) is -3.16. The first-order valence-electron chi connectivity index (χ1n) is 4.07. The highest BCUT2D eigenvalue weighted by atomic mass is 35.5. The van der Waals surface area contributed by atoms with Gasteiger partial charge < -0.3 is 4.74 Å². The summed E-state index contributed by atoms with van der Waals surface area (Å²) in [5, 5.41) is -0.500. The van der Waals surface area contributed by atoms with E-state index < -0.39 is 34.9 Å². The highest BCUT2D eigenvalue weighted by molar-refractivity contribution is 6.32. The summed E-state index contributed by atoms with van der Waals surface area (Å²) < 4.78 is 63.6. The average Bonchev–Trinajstić information content (AvgIpc) is 2.18.